The van der Waals surface area contributed by atoms with Gasteiger partial charge < -0.3 is 25.0 Å². The largest absolute Gasteiger partial charge is 0.495 e. The molecule has 0 saturated heterocycles. The van der Waals surface area contributed by atoms with Crippen LogP contribution in [0.2, 0.25) is 10.0 Å². The van der Waals surface area contributed by atoms with Gasteiger partial charge >= 0.3 is 5.97 Å². The van der Waals surface area contributed by atoms with Crippen LogP contribution in [0.5, 0.6) is 11.5 Å². The Kier molecular flexibility index (Phi) is 6.28. The maximum Gasteiger partial charge on any atom is 0.306 e. The number of carboxylic acids is 1. The number of benzene rings is 2. The highest BCUT2D eigenvalue weighted by Crippen LogP contribution is 2.46. The quantitative estimate of drug-likeness (QED) is 0.482. The van der Waals surface area contributed by atoms with Gasteiger partial charge in [-0.05, 0) is 30.5 Å². The molecule has 0 amide bonds. The van der Waals surface area contributed by atoms with Crippen molar-refractivity contribution in [3.63, 3.8) is 0 Å². The molecule has 8 nitrogen and oxygen atoms in total. The van der Waals surface area contributed by atoms with Crippen LogP contribution in [0.25, 0.3) is 22.0 Å². The van der Waals surface area contributed by atoms with Crippen LogP contribution < -0.4 is 14.8 Å². The highest BCUT2D eigenvalue weighted by atomic mass is 35.5. The molecule has 2 aromatic carbocycles. The molecule has 32 heavy (non-hydrogen) atoms. The third kappa shape index (κ3) is 4.13. The van der Waals surface area contributed by atoms with Crippen molar-refractivity contribution in [2.45, 2.75) is 25.0 Å². The van der Waals surface area contributed by atoms with Gasteiger partial charge in [0.05, 0.1) is 47.8 Å². The zero-order chi connectivity index (χ0) is 23.0. The fourth-order valence-electron chi connectivity index (χ4n) is 3.94. The number of ether oxygens (including phenoxy) is 2. The molecular formula is C22H21Cl2N3O5. The van der Waals surface area contributed by atoms with Crippen LogP contribution in [0.3, 0.4) is 0 Å². The summed E-state index contributed by atoms with van der Waals surface area (Å²) in [7, 11) is 3.03. The number of halogens is 2. The number of carbonyl (C=O) groups is 1. The third-order valence-electron chi connectivity index (χ3n) is 5.63. The van der Waals surface area contributed by atoms with Crippen LogP contribution in [0.1, 0.15) is 12.8 Å². The van der Waals surface area contributed by atoms with Crippen molar-refractivity contribution in [1.82, 2.24) is 9.97 Å². The molecule has 0 aliphatic heterocycles. The number of aliphatic carboxylic acids is 1. The molecule has 3 aromatic rings. The van der Waals surface area contributed by atoms with E-state index in [4.69, 9.17) is 32.7 Å². The van der Waals surface area contributed by atoms with Gasteiger partial charge in [0.2, 0.25) is 5.95 Å². The Morgan fingerprint density at radius 3 is 2.41 bits per heavy atom. The van der Waals surface area contributed by atoms with E-state index >= 15 is 0 Å². The average molecular weight is 478 g/mol. The maximum absolute atomic E-state index is 11.2. The summed E-state index contributed by atoms with van der Waals surface area (Å²) >= 11 is 13.1. The van der Waals surface area contributed by atoms with Gasteiger partial charge in [0.15, 0.2) is 0 Å². The van der Waals surface area contributed by atoms with E-state index in [1.54, 1.807) is 18.3 Å². The lowest BCUT2D eigenvalue weighted by molar-refractivity contribution is -0.141. The minimum Gasteiger partial charge on any atom is -0.495 e. The second kappa shape index (κ2) is 8.97. The van der Waals surface area contributed by atoms with Crippen molar-refractivity contribution in [2.24, 2.45) is 5.92 Å². The molecule has 0 radical (unpaired) electrons. The Labute approximate surface area is 194 Å². The topological polar surface area (TPSA) is 114 Å². The van der Waals surface area contributed by atoms with E-state index in [0.717, 1.165) is 10.9 Å². The van der Waals surface area contributed by atoms with Crippen LogP contribution >= 0.6 is 23.2 Å². The maximum atomic E-state index is 11.2. The molecule has 1 saturated carbocycles. The molecule has 168 valence electrons. The van der Waals surface area contributed by atoms with Gasteiger partial charge in [-0.25, -0.2) is 9.97 Å². The molecule has 1 fully saturated rings. The molecule has 0 bridgehead atoms. The molecule has 3 atom stereocenters. The molecule has 10 heteroatoms. The monoisotopic (exact) mass is 477 g/mol. The van der Waals surface area contributed by atoms with E-state index in [2.05, 4.69) is 15.3 Å². The lowest BCUT2D eigenvalue weighted by Gasteiger charge is -2.17. The first-order valence-corrected chi connectivity index (χ1v) is 10.6. The highest BCUT2D eigenvalue weighted by Gasteiger charge is 2.37. The number of aliphatic hydroxyl groups is 1. The summed E-state index contributed by atoms with van der Waals surface area (Å²) < 4.78 is 10.7. The minimum atomic E-state index is -0.910. The Morgan fingerprint density at radius 1 is 1.12 bits per heavy atom. The zero-order valence-electron chi connectivity index (χ0n) is 17.3. The Balaban J connectivity index is 1.65. The van der Waals surface area contributed by atoms with Gasteiger partial charge in [0, 0.05) is 23.2 Å². The third-order valence-corrected chi connectivity index (χ3v) is 6.39. The number of aromatic nitrogens is 2. The number of hydrogen-bond acceptors (Lipinski definition) is 7. The molecule has 3 N–H and O–H groups in total. The lowest BCUT2D eigenvalue weighted by Crippen LogP contribution is -2.28. The van der Waals surface area contributed by atoms with Crippen LogP contribution in [0, 0.1) is 5.92 Å². The van der Waals surface area contributed by atoms with E-state index in [-0.39, 0.29) is 6.42 Å². The molecule has 4 rings (SSSR count). The number of nitrogens with one attached hydrogen (secondary N) is 1. The van der Waals surface area contributed by atoms with Crippen molar-refractivity contribution in [1.29, 1.82) is 0 Å². The summed E-state index contributed by atoms with van der Waals surface area (Å²) in [6.07, 6.45) is 1.38. The molecule has 1 heterocycles. The Morgan fingerprint density at radius 2 is 1.81 bits per heavy atom. The molecular weight excluding hydrogens is 457 g/mol. The van der Waals surface area contributed by atoms with E-state index in [9.17, 15) is 15.0 Å². The summed E-state index contributed by atoms with van der Waals surface area (Å²) in [5.41, 5.74) is 1.97. The molecule has 1 aromatic heterocycles. The first-order valence-electron chi connectivity index (χ1n) is 9.87. The predicted molar refractivity (Wildman–Crippen MR) is 122 cm³/mol. The lowest BCUT2D eigenvalue weighted by atomic mass is 10.0. The van der Waals surface area contributed by atoms with Crippen LogP contribution in [-0.4, -0.2) is 52.5 Å². The van der Waals surface area contributed by atoms with Gasteiger partial charge in [0.1, 0.15) is 11.5 Å². The summed E-state index contributed by atoms with van der Waals surface area (Å²) in [6.45, 7) is 0. The van der Waals surface area contributed by atoms with Crippen LogP contribution in [-0.2, 0) is 4.79 Å². The summed E-state index contributed by atoms with van der Waals surface area (Å²) in [5.74, 6) is -0.298. The summed E-state index contributed by atoms with van der Waals surface area (Å²) in [6, 6.07) is 6.70. The minimum absolute atomic E-state index is 0.204. The van der Waals surface area contributed by atoms with Crippen molar-refractivity contribution in [3.05, 3.63) is 40.5 Å². The number of aliphatic hydroxyl groups excluding tert-OH is 1. The summed E-state index contributed by atoms with van der Waals surface area (Å²) in [4.78, 5) is 20.0. The smallest absolute Gasteiger partial charge is 0.306 e. The van der Waals surface area contributed by atoms with Crippen LogP contribution in [0.4, 0.5) is 5.95 Å². The average Bonchev–Trinajstić information content (AvgIpc) is 3.14. The molecule has 1 aliphatic carbocycles. The normalized spacial score (nSPS) is 20.3. The standard InChI is InChI=1S/C22H21Cl2N3O5/c1-31-16-8-17(32-2)20(24)18(19(16)23)10-3-4-13-12(5-10)9-25-22(26-13)27-14-6-11(21(29)30)7-15(14)28/h3-5,8-9,11,14-15,28H,6-7H2,1-2H3,(H,29,30)(H,25,26,27)/t11?,14-,15-/m1/s1. The number of fused-ring (bicyclic) bond motifs is 1. The van der Waals surface area contributed by atoms with E-state index < -0.39 is 24.0 Å². The SMILES string of the molecule is COc1cc(OC)c(Cl)c(-c2ccc3nc(N[C@@H]4CC(C(=O)O)C[C@H]4O)ncc3c2)c1Cl. The zero-order valence-corrected chi connectivity index (χ0v) is 18.8. The second-order valence-electron chi connectivity index (χ2n) is 7.58. The number of rotatable bonds is 6. The Bertz CT molecular complexity index is 1160. The molecule has 1 aliphatic rings. The number of methoxy groups -OCH3 is 2. The van der Waals surface area contributed by atoms with Crippen LogP contribution in [0.15, 0.2) is 30.5 Å². The van der Waals surface area contributed by atoms with E-state index in [1.807, 2.05) is 12.1 Å². The van der Waals surface area contributed by atoms with Crippen molar-refractivity contribution < 1.29 is 24.5 Å². The number of carboxylic acid groups (broad SMARTS) is 1. The fraction of sp³-hybridized carbons (Fsp3) is 0.318. The second-order valence-corrected chi connectivity index (χ2v) is 8.33. The number of hydrogen-bond donors (Lipinski definition) is 3. The van der Waals surface area contributed by atoms with Crippen molar-refractivity contribution >= 4 is 46.0 Å². The van der Waals surface area contributed by atoms with E-state index in [0.29, 0.717) is 45.0 Å². The fourth-order valence-corrected chi connectivity index (χ4v) is 4.65. The number of anilines is 1. The number of nitrogens with zero attached hydrogens (tertiary/aromatic N) is 2. The van der Waals surface area contributed by atoms with Crippen molar-refractivity contribution in [3.8, 4) is 22.6 Å². The van der Waals surface area contributed by atoms with Gasteiger partial charge in [-0.2, -0.15) is 0 Å². The Hall–Kier alpha value is -2.81. The first-order chi connectivity index (χ1) is 15.3. The van der Waals surface area contributed by atoms with Crippen molar-refractivity contribution in [2.75, 3.05) is 19.5 Å². The summed E-state index contributed by atoms with van der Waals surface area (Å²) in [5, 5.41) is 23.9. The van der Waals surface area contributed by atoms with Gasteiger partial charge in [-0.3, -0.25) is 4.79 Å². The van der Waals surface area contributed by atoms with Gasteiger partial charge in [-0.1, -0.05) is 29.3 Å². The van der Waals surface area contributed by atoms with Gasteiger partial charge in [0.25, 0.3) is 0 Å². The predicted octanol–water partition coefficient (Wildman–Crippen LogP) is 4.26. The van der Waals surface area contributed by atoms with Gasteiger partial charge in [-0.15, -0.1) is 0 Å². The molecule has 1 unspecified atom stereocenters. The highest BCUT2D eigenvalue weighted by molar-refractivity contribution is 6.41. The molecule has 0 spiro atoms. The van der Waals surface area contributed by atoms with E-state index in [1.165, 1.54) is 14.2 Å². The first kappa shape index (κ1) is 22.4.